The Bertz CT molecular complexity index is 886. The number of carbonyl (C=O) groups is 1. The molecule has 1 amide bonds. The molecule has 1 aliphatic heterocycles. The van der Waals surface area contributed by atoms with Crippen LogP contribution in [-0.4, -0.2) is 54.1 Å². The Morgan fingerprint density at radius 1 is 1.35 bits per heavy atom. The van der Waals surface area contributed by atoms with Gasteiger partial charge in [0.2, 0.25) is 0 Å². The topological polar surface area (TPSA) is 92.6 Å². The van der Waals surface area contributed by atoms with Crippen LogP contribution in [0, 0.1) is 12.8 Å². The third kappa shape index (κ3) is 3.35. The minimum Gasteiger partial charge on any atom is -0.338 e. The van der Waals surface area contributed by atoms with E-state index in [1.54, 1.807) is 12.4 Å². The van der Waals surface area contributed by atoms with E-state index in [4.69, 9.17) is 0 Å². The molecular weight excluding hydrogens is 330 g/mol. The summed E-state index contributed by atoms with van der Waals surface area (Å²) in [4.78, 5) is 18.9. The molecule has 0 unspecified atom stereocenters. The van der Waals surface area contributed by atoms with Crippen molar-refractivity contribution in [1.29, 1.82) is 0 Å². The second kappa shape index (κ2) is 7.07. The molecule has 4 heterocycles. The average Bonchev–Trinajstić information content (AvgIpc) is 3.31. The second-order valence-corrected chi connectivity index (χ2v) is 6.71. The molecular formula is C18H21N7O. The van der Waals surface area contributed by atoms with Gasteiger partial charge in [-0.05, 0) is 37.8 Å². The number of nitrogens with one attached hydrogen (secondary N) is 1. The van der Waals surface area contributed by atoms with E-state index >= 15 is 0 Å². The molecule has 0 aliphatic carbocycles. The molecule has 3 aromatic rings. The van der Waals surface area contributed by atoms with Crippen molar-refractivity contribution < 1.29 is 4.79 Å². The van der Waals surface area contributed by atoms with E-state index in [0.29, 0.717) is 11.5 Å². The van der Waals surface area contributed by atoms with Gasteiger partial charge in [0.15, 0.2) is 0 Å². The Labute approximate surface area is 151 Å². The van der Waals surface area contributed by atoms with E-state index in [2.05, 4.69) is 25.5 Å². The van der Waals surface area contributed by atoms with Crippen molar-refractivity contribution in [3.8, 4) is 11.4 Å². The summed E-state index contributed by atoms with van der Waals surface area (Å²) in [6.07, 6.45) is 7.35. The third-order valence-electron chi connectivity index (χ3n) is 4.78. The van der Waals surface area contributed by atoms with Crippen LogP contribution in [0.1, 0.15) is 28.9 Å². The van der Waals surface area contributed by atoms with E-state index in [-0.39, 0.29) is 5.91 Å². The van der Waals surface area contributed by atoms with E-state index in [0.717, 1.165) is 49.6 Å². The lowest BCUT2D eigenvalue weighted by Crippen LogP contribution is -2.41. The van der Waals surface area contributed by atoms with E-state index in [9.17, 15) is 4.79 Å². The number of hydrogen-bond donors (Lipinski definition) is 1. The number of H-pyrrole nitrogens is 1. The van der Waals surface area contributed by atoms with Crippen LogP contribution < -0.4 is 0 Å². The predicted molar refractivity (Wildman–Crippen MR) is 95.2 cm³/mol. The lowest BCUT2D eigenvalue weighted by atomic mass is 9.97. The molecule has 1 aliphatic rings. The number of amides is 1. The minimum absolute atomic E-state index is 0.0497. The minimum atomic E-state index is 0.0497. The van der Waals surface area contributed by atoms with Crippen molar-refractivity contribution in [2.75, 3.05) is 13.1 Å². The van der Waals surface area contributed by atoms with Gasteiger partial charge in [-0.25, -0.2) is 0 Å². The fourth-order valence-corrected chi connectivity index (χ4v) is 3.42. The fraction of sp³-hybridized carbons (Fsp3) is 0.389. The Kier molecular flexibility index (Phi) is 4.47. The standard InChI is InChI=1S/C18H21N7O/c1-13-15(9-20-21-13)18(26)24-8-4-5-14(10-24)11-25-12-17(22-23-25)16-6-2-3-7-19-16/h2-3,6-7,9,12,14H,4-5,8,10-11H2,1H3,(H,20,21)/t14-/m0/s1. The highest BCUT2D eigenvalue weighted by Crippen LogP contribution is 2.21. The number of hydrogen-bond acceptors (Lipinski definition) is 5. The molecule has 26 heavy (non-hydrogen) atoms. The molecule has 4 rings (SSSR count). The van der Waals surface area contributed by atoms with Crippen molar-refractivity contribution in [2.24, 2.45) is 5.92 Å². The number of pyridine rings is 1. The Morgan fingerprint density at radius 2 is 2.27 bits per heavy atom. The summed E-state index contributed by atoms with van der Waals surface area (Å²) in [7, 11) is 0. The van der Waals surface area contributed by atoms with Crippen LogP contribution in [0.4, 0.5) is 0 Å². The molecule has 1 saturated heterocycles. The second-order valence-electron chi connectivity index (χ2n) is 6.71. The summed E-state index contributed by atoms with van der Waals surface area (Å²) in [6.45, 7) is 4.13. The molecule has 0 saturated carbocycles. The van der Waals surface area contributed by atoms with Crippen molar-refractivity contribution >= 4 is 5.91 Å². The van der Waals surface area contributed by atoms with Crippen molar-refractivity contribution in [3.63, 3.8) is 0 Å². The molecule has 0 aromatic carbocycles. The van der Waals surface area contributed by atoms with Gasteiger partial charge in [0.05, 0.1) is 23.7 Å². The van der Waals surface area contributed by atoms with Crippen molar-refractivity contribution in [2.45, 2.75) is 26.3 Å². The third-order valence-corrected chi connectivity index (χ3v) is 4.78. The highest BCUT2D eigenvalue weighted by Gasteiger charge is 2.26. The zero-order chi connectivity index (χ0) is 17.9. The van der Waals surface area contributed by atoms with Crippen LogP contribution in [0.3, 0.4) is 0 Å². The summed E-state index contributed by atoms with van der Waals surface area (Å²) >= 11 is 0. The van der Waals surface area contributed by atoms with E-state index in [1.807, 2.05) is 40.9 Å². The number of carbonyl (C=O) groups excluding carboxylic acids is 1. The van der Waals surface area contributed by atoms with Gasteiger partial charge in [0.25, 0.3) is 5.91 Å². The zero-order valence-corrected chi connectivity index (χ0v) is 14.7. The zero-order valence-electron chi connectivity index (χ0n) is 14.7. The largest absolute Gasteiger partial charge is 0.338 e. The number of piperidine rings is 1. The van der Waals surface area contributed by atoms with Crippen LogP contribution in [0.25, 0.3) is 11.4 Å². The molecule has 0 bridgehead atoms. The Morgan fingerprint density at radius 3 is 3.04 bits per heavy atom. The monoisotopic (exact) mass is 351 g/mol. The molecule has 8 heteroatoms. The molecule has 1 N–H and O–H groups in total. The molecule has 1 atom stereocenters. The van der Waals surface area contributed by atoms with Crippen LogP contribution in [-0.2, 0) is 6.54 Å². The highest BCUT2D eigenvalue weighted by atomic mass is 16.2. The maximum Gasteiger partial charge on any atom is 0.257 e. The number of aromatic nitrogens is 6. The Hall–Kier alpha value is -3.03. The predicted octanol–water partition coefficient (Wildman–Crippen LogP) is 1.92. The lowest BCUT2D eigenvalue weighted by molar-refractivity contribution is 0.0658. The van der Waals surface area contributed by atoms with Gasteiger partial charge < -0.3 is 4.90 Å². The molecule has 0 radical (unpaired) electrons. The summed E-state index contributed by atoms with van der Waals surface area (Å²) in [6, 6.07) is 5.73. The Balaban J connectivity index is 1.42. The number of nitrogens with zero attached hydrogens (tertiary/aromatic N) is 6. The summed E-state index contributed by atoms with van der Waals surface area (Å²) in [5, 5.41) is 15.2. The smallest absolute Gasteiger partial charge is 0.257 e. The average molecular weight is 351 g/mol. The van der Waals surface area contributed by atoms with Crippen LogP contribution in [0.15, 0.2) is 36.8 Å². The maximum absolute atomic E-state index is 12.7. The van der Waals surface area contributed by atoms with Gasteiger partial charge in [0.1, 0.15) is 5.69 Å². The van der Waals surface area contributed by atoms with Gasteiger partial charge >= 0.3 is 0 Å². The fourth-order valence-electron chi connectivity index (χ4n) is 3.42. The summed E-state index contributed by atoms with van der Waals surface area (Å²) < 4.78 is 1.85. The first-order chi connectivity index (χ1) is 12.7. The quantitative estimate of drug-likeness (QED) is 0.775. The number of aryl methyl sites for hydroxylation is 1. The van der Waals surface area contributed by atoms with Crippen LogP contribution >= 0.6 is 0 Å². The maximum atomic E-state index is 12.7. The van der Waals surface area contributed by atoms with Gasteiger partial charge in [-0.2, -0.15) is 5.10 Å². The highest BCUT2D eigenvalue weighted by molar-refractivity contribution is 5.95. The molecule has 134 valence electrons. The normalized spacial score (nSPS) is 17.4. The molecule has 8 nitrogen and oxygen atoms in total. The molecule has 0 spiro atoms. The molecule has 1 fully saturated rings. The SMILES string of the molecule is Cc1[nH]ncc1C(=O)N1CCC[C@H](Cn2cc(-c3ccccn3)nn2)C1. The summed E-state index contributed by atoms with van der Waals surface area (Å²) in [5.41, 5.74) is 3.05. The van der Waals surface area contributed by atoms with Gasteiger partial charge in [-0.1, -0.05) is 11.3 Å². The van der Waals surface area contributed by atoms with Crippen LogP contribution in [0.5, 0.6) is 0 Å². The van der Waals surface area contributed by atoms with Crippen LogP contribution in [0.2, 0.25) is 0 Å². The number of aromatic amines is 1. The van der Waals surface area contributed by atoms with E-state index < -0.39 is 0 Å². The van der Waals surface area contributed by atoms with Crippen molar-refractivity contribution in [3.05, 3.63) is 48.0 Å². The number of rotatable bonds is 4. The first-order valence-corrected chi connectivity index (χ1v) is 8.81. The van der Waals surface area contributed by atoms with Crippen molar-refractivity contribution in [1.82, 2.24) is 35.1 Å². The van der Waals surface area contributed by atoms with Gasteiger partial charge in [-0.15, -0.1) is 5.10 Å². The first-order valence-electron chi connectivity index (χ1n) is 8.81. The summed E-state index contributed by atoms with van der Waals surface area (Å²) in [5.74, 6) is 0.409. The first kappa shape index (κ1) is 16.4. The van der Waals surface area contributed by atoms with Gasteiger partial charge in [-0.3, -0.25) is 19.6 Å². The molecule has 3 aromatic heterocycles. The number of likely N-dealkylation sites (tertiary alicyclic amines) is 1. The van der Waals surface area contributed by atoms with E-state index in [1.165, 1.54) is 0 Å². The van der Waals surface area contributed by atoms with Gasteiger partial charge in [0, 0.05) is 31.5 Å². The lowest BCUT2D eigenvalue weighted by Gasteiger charge is -2.32.